The van der Waals surface area contributed by atoms with E-state index in [1.807, 2.05) is 11.9 Å². The lowest BCUT2D eigenvalue weighted by atomic mass is 10.2. The summed E-state index contributed by atoms with van der Waals surface area (Å²) in [7, 11) is 1.94. The van der Waals surface area contributed by atoms with Crippen molar-refractivity contribution in [1.29, 1.82) is 0 Å². The van der Waals surface area contributed by atoms with Crippen LogP contribution in [0.2, 0.25) is 0 Å². The van der Waals surface area contributed by atoms with Crippen LogP contribution in [0, 0.1) is 6.92 Å². The Kier molecular flexibility index (Phi) is 5.64. The van der Waals surface area contributed by atoms with Gasteiger partial charge in [-0.25, -0.2) is 9.97 Å². The summed E-state index contributed by atoms with van der Waals surface area (Å²) < 4.78 is 38.4. The Balaban J connectivity index is 2.22. The molecule has 0 saturated carbocycles. The van der Waals surface area contributed by atoms with Gasteiger partial charge in [-0.3, -0.25) is 0 Å². The molecule has 2 rings (SSSR count). The van der Waals surface area contributed by atoms with Crippen molar-refractivity contribution < 1.29 is 13.2 Å². The number of nitrogens with one attached hydrogen (secondary N) is 1. The summed E-state index contributed by atoms with van der Waals surface area (Å²) in [6, 6.07) is 6.79. The molecular weight excluding hydrogens is 317 g/mol. The van der Waals surface area contributed by atoms with Crippen molar-refractivity contribution in [2.75, 3.05) is 23.8 Å². The summed E-state index contributed by atoms with van der Waals surface area (Å²) >= 11 is 0. The van der Waals surface area contributed by atoms with Gasteiger partial charge in [0, 0.05) is 25.3 Å². The van der Waals surface area contributed by atoms with Crippen molar-refractivity contribution in [1.82, 2.24) is 9.97 Å². The normalized spacial score (nSPS) is 11.4. The van der Waals surface area contributed by atoms with Gasteiger partial charge in [0.1, 0.15) is 17.5 Å². The largest absolute Gasteiger partial charge is 0.416 e. The molecular formula is C17H21F3N4. The summed E-state index contributed by atoms with van der Waals surface area (Å²) in [5, 5.41) is 2.93. The number of hydrogen-bond acceptors (Lipinski definition) is 4. The van der Waals surface area contributed by atoms with E-state index in [2.05, 4.69) is 22.2 Å². The Hall–Kier alpha value is -2.31. The lowest BCUT2D eigenvalue weighted by molar-refractivity contribution is -0.137. The third kappa shape index (κ3) is 4.84. The maximum absolute atomic E-state index is 12.8. The topological polar surface area (TPSA) is 41.0 Å². The van der Waals surface area contributed by atoms with Gasteiger partial charge in [0.15, 0.2) is 0 Å². The monoisotopic (exact) mass is 338 g/mol. The Morgan fingerprint density at radius 2 is 1.92 bits per heavy atom. The summed E-state index contributed by atoms with van der Waals surface area (Å²) in [5.41, 5.74) is -0.358. The smallest absolute Gasteiger partial charge is 0.360 e. The van der Waals surface area contributed by atoms with Crippen molar-refractivity contribution in [3.8, 4) is 0 Å². The molecule has 0 saturated heterocycles. The van der Waals surface area contributed by atoms with Crippen LogP contribution in [0.15, 0.2) is 30.3 Å². The number of nitrogens with zero attached hydrogens (tertiary/aromatic N) is 3. The molecule has 1 aromatic heterocycles. The van der Waals surface area contributed by atoms with Crippen molar-refractivity contribution in [2.24, 2.45) is 0 Å². The predicted molar refractivity (Wildman–Crippen MR) is 89.7 cm³/mol. The molecule has 0 spiro atoms. The molecule has 1 heterocycles. The first kappa shape index (κ1) is 18.0. The van der Waals surface area contributed by atoms with E-state index >= 15 is 0 Å². The van der Waals surface area contributed by atoms with E-state index in [0.717, 1.165) is 37.3 Å². The first-order valence-corrected chi connectivity index (χ1v) is 7.80. The number of aryl methyl sites for hydroxylation is 1. The molecule has 1 N–H and O–H groups in total. The molecule has 0 aliphatic rings. The maximum Gasteiger partial charge on any atom is 0.416 e. The third-order valence-corrected chi connectivity index (χ3v) is 3.52. The van der Waals surface area contributed by atoms with Crippen LogP contribution in [-0.4, -0.2) is 23.6 Å². The minimum absolute atomic E-state index is 0.338. The number of anilines is 3. The second-order valence-electron chi connectivity index (χ2n) is 5.64. The maximum atomic E-state index is 12.8. The third-order valence-electron chi connectivity index (χ3n) is 3.52. The molecule has 0 amide bonds. The molecule has 130 valence electrons. The van der Waals surface area contributed by atoms with E-state index in [1.54, 1.807) is 19.1 Å². The number of halogens is 3. The zero-order valence-corrected chi connectivity index (χ0v) is 14.0. The Morgan fingerprint density at radius 1 is 1.17 bits per heavy atom. The standard InChI is InChI=1S/C17H21F3N4/c1-4-5-9-24(3)16-11-15(21-12(2)22-16)23-14-8-6-7-13(10-14)17(18,19)20/h6-8,10-11H,4-5,9H2,1-3H3,(H,21,22,23). The van der Waals surface area contributed by atoms with Crippen LogP contribution < -0.4 is 10.2 Å². The fourth-order valence-corrected chi connectivity index (χ4v) is 2.24. The van der Waals surface area contributed by atoms with Gasteiger partial charge < -0.3 is 10.2 Å². The second kappa shape index (κ2) is 7.51. The minimum atomic E-state index is -4.37. The molecule has 0 unspecified atom stereocenters. The number of unbranched alkanes of at least 4 members (excludes halogenated alkanes) is 1. The van der Waals surface area contributed by atoms with Gasteiger partial charge in [-0.1, -0.05) is 19.4 Å². The van der Waals surface area contributed by atoms with E-state index in [9.17, 15) is 13.2 Å². The van der Waals surface area contributed by atoms with Crippen LogP contribution in [0.1, 0.15) is 31.2 Å². The fourth-order valence-electron chi connectivity index (χ4n) is 2.24. The van der Waals surface area contributed by atoms with Crippen LogP contribution in [0.4, 0.5) is 30.5 Å². The van der Waals surface area contributed by atoms with E-state index in [0.29, 0.717) is 17.3 Å². The van der Waals surface area contributed by atoms with E-state index in [-0.39, 0.29) is 0 Å². The quantitative estimate of drug-likeness (QED) is 0.823. The van der Waals surface area contributed by atoms with Gasteiger partial charge >= 0.3 is 6.18 Å². The highest BCUT2D eigenvalue weighted by Gasteiger charge is 2.30. The zero-order valence-electron chi connectivity index (χ0n) is 14.0. The SMILES string of the molecule is CCCCN(C)c1cc(Nc2cccc(C(F)(F)F)c2)nc(C)n1. The van der Waals surface area contributed by atoms with Crippen LogP contribution >= 0.6 is 0 Å². The average molecular weight is 338 g/mol. The zero-order chi connectivity index (χ0) is 17.7. The van der Waals surface area contributed by atoms with Gasteiger partial charge in [-0.15, -0.1) is 0 Å². The van der Waals surface area contributed by atoms with Crippen LogP contribution in [0.3, 0.4) is 0 Å². The van der Waals surface area contributed by atoms with Crippen molar-refractivity contribution in [2.45, 2.75) is 32.9 Å². The summed E-state index contributed by atoms with van der Waals surface area (Å²) in [5.74, 6) is 1.77. The highest BCUT2D eigenvalue weighted by Crippen LogP contribution is 2.31. The second-order valence-corrected chi connectivity index (χ2v) is 5.64. The van der Waals surface area contributed by atoms with Gasteiger partial charge in [0.25, 0.3) is 0 Å². The van der Waals surface area contributed by atoms with E-state index in [1.165, 1.54) is 6.07 Å². The summed E-state index contributed by atoms with van der Waals surface area (Å²) in [4.78, 5) is 10.6. The van der Waals surface area contributed by atoms with Gasteiger partial charge in [-0.05, 0) is 31.5 Å². The molecule has 0 fully saturated rings. The van der Waals surface area contributed by atoms with Crippen molar-refractivity contribution in [3.63, 3.8) is 0 Å². The molecule has 1 aromatic carbocycles. The summed E-state index contributed by atoms with van der Waals surface area (Å²) in [6.45, 7) is 4.73. The molecule has 0 bridgehead atoms. The molecule has 0 aliphatic heterocycles. The van der Waals surface area contributed by atoms with Gasteiger partial charge in [0.2, 0.25) is 0 Å². The van der Waals surface area contributed by atoms with Crippen LogP contribution in [0.25, 0.3) is 0 Å². The highest BCUT2D eigenvalue weighted by molar-refractivity contribution is 5.60. The number of aromatic nitrogens is 2. The number of benzene rings is 1. The molecule has 4 nitrogen and oxygen atoms in total. The average Bonchev–Trinajstić information content (AvgIpc) is 2.51. The summed E-state index contributed by atoms with van der Waals surface area (Å²) in [6.07, 6.45) is -2.26. The molecule has 7 heteroatoms. The predicted octanol–water partition coefficient (Wildman–Crippen LogP) is 4.78. The van der Waals surface area contributed by atoms with Crippen LogP contribution in [-0.2, 0) is 6.18 Å². The Morgan fingerprint density at radius 3 is 2.58 bits per heavy atom. The minimum Gasteiger partial charge on any atom is -0.360 e. The lowest BCUT2D eigenvalue weighted by Crippen LogP contribution is -2.20. The van der Waals surface area contributed by atoms with E-state index < -0.39 is 11.7 Å². The molecule has 0 aliphatic carbocycles. The molecule has 0 radical (unpaired) electrons. The van der Waals surface area contributed by atoms with Gasteiger partial charge in [0.05, 0.1) is 5.56 Å². The number of rotatable bonds is 6. The highest BCUT2D eigenvalue weighted by atomic mass is 19.4. The molecule has 2 aromatic rings. The van der Waals surface area contributed by atoms with E-state index in [4.69, 9.17) is 0 Å². The molecule has 0 atom stereocenters. The Bertz CT molecular complexity index is 686. The number of hydrogen-bond donors (Lipinski definition) is 1. The first-order chi connectivity index (χ1) is 11.3. The van der Waals surface area contributed by atoms with Gasteiger partial charge in [-0.2, -0.15) is 13.2 Å². The lowest BCUT2D eigenvalue weighted by Gasteiger charge is -2.19. The molecule has 24 heavy (non-hydrogen) atoms. The van der Waals surface area contributed by atoms with Crippen LogP contribution in [0.5, 0.6) is 0 Å². The Labute approximate surface area is 139 Å². The first-order valence-electron chi connectivity index (χ1n) is 7.80. The van der Waals surface area contributed by atoms with Crippen molar-refractivity contribution >= 4 is 17.3 Å². The number of alkyl halides is 3. The fraction of sp³-hybridized carbons (Fsp3) is 0.412. The van der Waals surface area contributed by atoms with Crippen molar-refractivity contribution in [3.05, 3.63) is 41.7 Å².